The van der Waals surface area contributed by atoms with Gasteiger partial charge in [-0.15, -0.1) is 0 Å². The molecule has 0 bridgehead atoms. The Morgan fingerprint density at radius 3 is 2.43 bits per heavy atom. The van der Waals surface area contributed by atoms with Crippen LogP contribution in [0.2, 0.25) is 0 Å². The number of rotatable bonds is 2. The summed E-state index contributed by atoms with van der Waals surface area (Å²) in [7, 11) is 0. The molecule has 76 valence electrons. The predicted octanol–water partition coefficient (Wildman–Crippen LogP) is 1.46. The van der Waals surface area contributed by atoms with Crippen LogP contribution in [-0.2, 0) is 0 Å². The molecule has 3 nitrogen and oxygen atoms in total. The SMILES string of the molecule is Cc1cc(C)c(C(=O)CN)c(C)c1O. The molecule has 0 spiro atoms. The number of carbonyl (C=O) groups is 1. The quantitative estimate of drug-likeness (QED) is 0.699. The van der Waals surface area contributed by atoms with Crippen LogP contribution in [-0.4, -0.2) is 17.4 Å². The van der Waals surface area contributed by atoms with Crippen molar-refractivity contribution in [1.29, 1.82) is 0 Å². The van der Waals surface area contributed by atoms with Gasteiger partial charge in [0.15, 0.2) is 5.78 Å². The highest BCUT2D eigenvalue weighted by Crippen LogP contribution is 2.27. The molecule has 0 unspecified atom stereocenters. The first-order valence-electron chi connectivity index (χ1n) is 4.52. The van der Waals surface area contributed by atoms with Crippen molar-refractivity contribution >= 4 is 5.78 Å². The molecule has 0 saturated heterocycles. The number of nitrogens with two attached hydrogens (primary N) is 1. The van der Waals surface area contributed by atoms with Crippen LogP contribution < -0.4 is 5.73 Å². The molecule has 0 atom stereocenters. The normalized spacial score (nSPS) is 10.3. The molecule has 14 heavy (non-hydrogen) atoms. The first-order valence-corrected chi connectivity index (χ1v) is 4.52. The fourth-order valence-electron chi connectivity index (χ4n) is 1.71. The molecule has 0 aliphatic carbocycles. The van der Waals surface area contributed by atoms with Gasteiger partial charge in [0.2, 0.25) is 0 Å². The highest BCUT2D eigenvalue weighted by molar-refractivity contribution is 6.00. The molecule has 0 amide bonds. The molecule has 0 aliphatic rings. The third-order valence-corrected chi connectivity index (χ3v) is 2.40. The zero-order valence-electron chi connectivity index (χ0n) is 8.72. The van der Waals surface area contributed by atoms with Crippen LogP contribution in [0.3, 0.4) is 0 Å². The van der Waals surface area contributed by atoms with E-state index in [1.165, 1.54) is 0 Å². The second kappa shape index (κ2) is 3.80. The van der Waals surface area contributed by atoms with Gasteiger partial charge in [0, 0.05) is 11.1 Å². The Labute approximate surface area is 83.6 Å². The van der Waals surface area contributed by atoms with Crippen LogP contribution in [0, 0.1) is 20.8 Å². The fourth-order valence-corrected chi connectivity index (χ4v) is 1.71. The third-order valence-electron chi connectivity index (χ3n) is 2.40. The summed E-state index contributed by atoms with van der Waals surface area (Å²) in [4.78, 5) is 11.5. The average molecular weight is 193 g/mol. The van der Waals surface area contributed by atoms with Crippen molar-refractivity contribution in [3.8, 4) is 5.75 Å². The van der Waals surface area contributed by atoms with Gasteiger partial charge in [-0.1, -0.05) is 6.07 Å². The van der Waals surface area contributed by atoms with Gasteiger partial charge in [0.1, 0.15) is 5.75 Å². The minimum atomic E-state index is -0.129. The third kappa shape index (κ3) is 1.63. The minimum absolute atomic E-state index is 0.0236. The lowest BCUT2D eigenvalue weighted by molar-refractivity contribution is 0.1000. The van der Waals surface area contributed by atoms with E-state index in [0.717, 1.165) is 11.1 Å². The maximum Gasteiger partial charge on any atom is 0.177 e. The second-order valence-electron chi connectivity index (χ2n) is 3.49. The Bertz CT molecular complexity index is 383. The Kier molecular flexibility index (Phi) is 2.91. The molecule has 1 aromatic rings. The van der Waals surface area contributed by atoms with Crippen LogP contribution in [0.25, 0.3) is 0 Å². The van der Waals surface area contributed by atoms with Crippen LogP contribution in [0.1, 0.15) is 27.0 Å². The second-order valence-corrected chi connectivity index (χ2v) is 3.49. The predicted molar refractivity (Wildman–Crippen MR) is 55.7 cm³/mol. The summed E-state index contributed by atoms with van der Waals surface area (Å²) < 4.78 is 0. The van der Waals surface area contributed by atoms with Gasteiger partial charge in [-0.3, -0.25) is 4.79 Å². The van der Waals surface area contributed by atoms with Gasteiger partial charge < -0.3 is 10.8 Å². The van der Waals surface area contributed by atoms with Gasteiger partial charge >= 0.3 is 0 Å². The summed E-state index contributed by atoms with van der Waals surface area (Å²) in [6.07, 6.45) is 0. The van der Waals surface area contributed by atoms with E-state index >= 15 is 0 Å². The molecule has 1 aromatic carbocycles. The van der Waals surface area contributed by atoms with E-state index in [-0.39, 0.29) is 18.1 Å². The molecule has 1 rings (SSSR count). The number of aromatic hydroxyl groups is 1. The molecular formula is C11H15NO2. The van der Waals surface area contributed by atoms with E-state index < -0.39 is 0 Å². The van der Waals surface area contributed by atoms with Gasteiger partial charge in [-0.05, 0) is 31.9 Å². The molecule has 0 radical (unpaired) electrons. The molecule has 3 heteroatoms. The summed E-state index contributed by atoms with van der Waals surface area (Å²) in [5, 5.41) is 9.66. The van der Waals surface area contributed by atoms with Crippen molar-refractivity contribution in [2.75, 3.05) is 6.54 Å². The topological polar surface area (TPSA) is 63.3 Å². The number of carbonyl (C=O) groups excluding carboxylic acids is 1. The minimum Gasteiger partial charge on any atom is -0.507 e. The van der Waals surface area contributed by atoms with E-state index in [2.05, 4.69) is 0 Å². The number of aryl methyl sites for hydroxylation is 2. The van der Waals surface area contributed by atoms with Crippen molar-refractivity contribution in [2.24, 2.45) is 5.73 Å². The monoisotopic (exact) mass is 193 g/mol. The standard InChI is InChI=1S/C11H15NO2/c1-6-4-7(2)11(14)8(3)10(6)9(13)5-12/h4,14H,5,12H2,1-3H3. The number of hydrogen-bond acceptors (Lipinski definition) is 3. The highest BCUT2D eigenvalue weighted by Gasteiger charge is 2.15. The summed E-state index contributed by atoms with van der Waals surface area (Å²) in [5.41, 5.74) is 8.13. The first kappa shape index (κ1) is 10.7. The van der Waals surface area contributed by atoms with E-state index in [1.54, 1.807) is 13.0 Å². The largest absolute Gasteiger partial charge is 0.507 e. The maximum atomic E-state index is 11.5. The van der Waals surface area contributed by atoms with Crippen molar-refractivity contribution in [3.63, 3.8) is 0 Å². The molecule has 0 aliphatic heterocycles. The zero-order chi connectivity index (χ0) is 10.9. The summed E-state index contributed by atoms with van der Waals surface area (Å²) >= 11 is 0. The maximum absolute atomic E-state index is 11.5. The Morgan fingerprint density at radius 1 is 1.36 bits per heavy atom. The number of ketones is 1. The number of phenolic OH excluding ortho intramolecular Hbond substituents is 1. The number of phenols is 1. The average Bonchev–Trinajstić information content (AvgIpc) is 2.14. The van der Waals surface area contributed by atoms with Gasteiger partial charge in [-0.25, -0.2) is 0 Å². The molecule has 0 heterocycles. The van der Waals surface area contributed by atoms with E-state index in [0.29, 0.717) is 11.1 Å². The van der Waals surface area contributed by atoms with Crippen molar-refractivity contribution in [2.45, 2.75) is 20.8 Å². The molecule has 0 saturated carbocycles. The van der Waals surface area contributed by atoms with Crippen molar-refractivity contribution < 1.29 is 9.90 Å². The smallest absolute Gasteiger partial charge is 0.177 e. The lowest BCUT2D eigenvalue weighted by Gasteiger charge is -2.11. The van der Waals surface area contributed by atoms with Crippen molar-refractivity contribution in [3.05, 3.63) is 28.3 Å². The first-order chi connectivity index (χ1) is 6.49. The van der Waals surface area contributed by atoms with E-state index in [1.807, 2.05) is 13.8 Å². The van der Waals surface area contributed by atoms with Crippen molar-refractivity contribution in [1.82, 2.24) is 0 Å². The van der Waals surface area contributed by atoms with Crippen LogP contribution in [0.15, 0.2) is 6.07 Å². The summed E-state index contributed by atoms with van der Waals surface area (Å²) in [6.45, 7) is 5.37. The van der Waals surface area contributed by atoms with Crippen LogP contribution >= 0.6 is 0 Å². The van der Waals surface area contributed by atoms with Crippen LogP contribution in [0.4, 0.5) is 0 Å². The fraction of sp³-hybridized carbons (Fsp3) is 0.364. The molecule has 0 fully saturated rings. The Morgan fingerprint density at radius 2 is 1.93 bits per heavy atom. The number of hydrogen-bond donors (Lipinski definition) is 2. The van der Waals surface area contributed by atoms with Gasteiger partial charge in [0.25, 0.3) is 0 Å². The Hall–Kier alpha value is -1.35. The van der Waals surface area contributed by atoms with Gasteiger partial charge in [-0.2, -0.15) is 0 Å². The van der Waals surface area contributed by atoms with E-state index in [4.69, 9.17) is 5.73 Å². The summed E-state index contributed by atoms with van der Waals surface area (Å²) in [6, 6.07) is 1.80. The zero-order valence-corrected chi connectivity index (χ0v) is 8.72. The number of benzene rings is 1. The lowest BCUT2D eigenvalue weighted by atomic mass is 9.95. The highest BCUT2D eigenvalue weighted by atomic mass is 16.3. The number of Topliss-reactive ketones (excluding diaryl/α,β-unsaturated/α-hetero) is 1. The molecular weight excluding hydrogens is 178 g/mol. The Balaban J connectivity index is 3.44. The molecule has 3 N–H and O–H groups in total. The lowest BCUT2D eigenvalue weighted by Crippen LogP contribution is -2.16. The summed E-state index contributed by atoms with van der Waals surface area (Å²) in [5.74, 6) is 0.0581. The van der Waals surface area contributed by atoms with Crippen LogP contribution in [0.5, 0.6) is 5.75 Å². The van der Waals surface area contributed by atoms with E-state index in [9.17, 15) is 9.90 Å². The van der Waals surface area contributed by atoms with Gasteiger partial charge in [0.05, 0.1) is 6.54 Å². The molecule has 0 aromatic heterocycles.